The Morgan fingerprint density at radius 3 is 2.71 bits per heavy atom. The molecule has 7 nitrogen and oxygen atoms in total. The van der Waals surface area contributed by atoms with Crippen LogP contribution in [0.4, 0.5) is 0 Å². The monoisotopic (exact) mass is 367 g/mol. The molecule has 1 aliphatic rings. The van der Waals surface area contributed by atoms with Crippen LogP contribution in [-0.2, 0) is 14.4 Å². The van der Waals surface area contributed by atoms with Gasteiger partial charge in [-0.25, -0.2) is 0 Å². The molecule has 1 aromatic rings. The van der Waals surface area contributed by atoms with Gasteiger partial charge in [-0.15, -0.1) is 0 Å². The van der Waals surface area contributed by atoms with Crippen molar-refractivity contribution in [2.75, 3.05) is 13.2 Å². The number of benzene rings is 1. The highest BCUT2D eigenvalue weighted by Crippen LogP contribution is 2.32. The number of aliphatic carboxylic acids is 2. The van der Waals surface area contributed by atoms with Gasteiger partial charge in [0, 0.05) is 0 Å². The number of hydrogen-bond donors (Lipinski definition) is 2. The molecule has 1 aromatic carbocycles. The van der Waals surface area contributed by atoms with Gasteiger partial charge in [0.2, 0.25) is 0 Å². The highest BCUT2D eigenvalue weighted by atomic mass is 32.2. The van der Waals surface area contributed by atoms with Gasteiger partial charge in [0.15, 0.2) is 0 Å². The lowest BCUT2D eigenvalue weighted by molar-refractivity contribution is -0.140. The zero-order chi connectivity index (χ0) is 17.7. The summed E-state index contributed by atoms with van der Waals surface area (Å²) in [4.78, 5) is 34.8. The van der Waals surface area contributed by atoms with Crippen molar-refractivity contribution >= 4 is 52.2 Å². The van der Waals surface area contributed by atoms with Crippen LogP contribution in [0, 0.1) is 0 Å². The molecule has 2 N–H and O–H groups in total. The van der Waals surface area contributed by atoms with Gasteiger partial charge in [-0.2, -0.15) is 0 Å². The molecular weight excluding hydrogens is 354 g/mol. The second-order valence-corrected chi connectivity index (χ2v) is 6.40. The third kappa shape index (κ3) is 4.80. The fraction of sp³-hybridized carbons (Fsp3) is 0.200. The molecule has 1 saturated heterocycles. The molecule has 9 heteroatoms. The third-order valence-electron chi connectivity index (χ3n) is 2.91. The second-order valence-electron chi connectivity index (χ2n) is 4.73. The normalized spacial score (nSPS) is 15.8. The number of carboxylic acids is 2. The first kappa shape index (κ1) is 18.0. The van der Waals surface area contributed by atoms with E-state index < -0.39 is 24.4 Å². The van der Waals surface area contributed by atoms with E-state index >= 15 is 0 Å². The quantitative estimate of drug-likeness (QED) is 0.556. The lowest BCUT2D eigenvalue weighted by atomic mass is 10.2. The van der Waals surface area contributed by atoms with Crippen molar-refractivity contribution in [2.24, 2.45) is 0 Å². The summed E-state index contributed by atoms with van der Waals surface area (Å²) in [5.74, 6) is -2.06. The van der Waals surface area contributed by atoms with Gasteiger partial charge in [0.1, 0.15) is 16.6 Å². The van der Waals surface area contributed by atoms with Crippen molar-refractivity contribution in [3.63, 3.8) is 0 Å². The molecule has 0 unspecified atom stereocenters. The van der Waals surface area contributed by atoms with Crippen LogP contribution in [0.15, 0.2) is 29.2 Å². The number of carbonyl (C=O) groups is 3. The highest BCUT2D eigenvalue weighted by molar-refractivity contribution is 8.26. The molecule has 0 atom stereocenters. The van der Waals surface area contributed by atoms with Gasteiger partial charge in [-0.05, 0) is 23.8 Å². The van der Waals surface area contributed by atoms with Crippen molar-refractivity contribution in [3.05, 3.63) is 34.7 Å². The minimum Gasteiger partial charge on any atom is -0.493 e. The SMILES string of the molecule is O=C(O)CCOc1cccc(/C=C2\SC(=S)N(CC(=O)O)C2=O)c1. The number of hydrogen-bond acceptors (Lipinski definition) is 6. The average Bonchev–Trinajstić information content (AvgIpc) is 2.74. The van der Waals surface area contributed by atoms with Crippen LogP contribution in [0.5, 0.6) is 5.75 Å². The summed E-state index contributed by atoms with van der Waals surface area (Å²) in [5.41, 5.74) is 0.665. The van der Waals surface area contributed by atoms with Crippen LogP contribution in [0.1, 0.15) is 12.0 Å². The van der Waals surface area contributed by atoms with Gasteiger partial charge in [-0.1, -0.05) is 36.1 Å². The van der Waals surface area contributed by atoms with Crippen LogP contribution in [0.3, 0.4) is 0 Å². The van der Waals surface area contributed by atoms with Crippen molar-refractivity contribution in [3.8, 4) is 5.75 Å². The van der Waals surface area contributed by atoms with Crippen LogP contribution in [-0.4, -0.2) is 50.4 Å². The minimum atomic E-state index is -1.14. The summed E-state index contributed by atoms with van der Waals surface area (Å²) in [6.07, 6.45) is 1.48. The van der Waals surface area contributed by atoms with Crippen LogP contribution in [0.25, 0.3) is 6.08 Å². The summed E-state index contributed by atoms with van der Waals surface area (Å²) >= 11 is 6.05. The van der Waals surface area contributed by atoms with E-state index in [1.165, 1.54) is 0 Å². The molecular formula is C15H13NO6S2. The molecule has 0 bridgehead atoms. The van der Waals surface area contributed by atoms with Gasteiger partial charge in [0.25, 0.3) is 5.91 Å². The van der Waals surface area contributed by atoms with Crippen LogP contribution < -0.4 is 4.74 Å². The number of nitrogens with zero attached hydrogens (tertiary/aromatic N) is 1. The number of ether oxygens (including phenoxy) is 1. The summed E-state index contributed by atoms with van der Waals surface area (Å²) < 4.78 is 5.52. The molecule has 1 heterocycles. The summed E-state index contributed by atoms with van der Waals surface area (Å²) in [6, 6.07) is 6.79. The Morgan fingerprint density at radius 1 is 1.29 bits per heavy atom. The molecule has 24 heavy (non-hydrogen) atoms. The summed E-state index contributed by atoms with van der Waals surface area (Å²) in [5, 5.41) is 17.4. The predicted molar refractivity (Wildman–Crippen MR) is 91.7 cm³/mol. The van der Waals surface area contributed by atoms with E-state index in [1.807, 2.05) is 0 Å². The van der Waals surface area contributed by atoms with Crippen LogP contribution in [0.2, 0.25) is 0 Å². The van der Waals surface area contributed by atoms with Gasteiger partial charge < -0.3 is 14.9 Å². The number of thioether (sulfide) groups is 1. The maximum absolute atomic E-state index is 12.2. The molecule has 1 fully saturated rings. The van der Waals surface area contributed by atoms with E-state index in [1.54, 1.807) is 30.3 Å². The van der Waals surface area contributed by atoms with Gasteiger partial charge in [0.05, 0.1) is 17.9 Å². The Morgan fingerprint density at radius 2 is 2.04 bits per heavy atom. The predicted octanol–water partition coefficient (Wildman–Crippen LogP) is 1.83. The Balaban J connectivity index is 2.11. The Bertz CT molecular complexity index is 730. The zero-order valence-electron chi connectivity index (χ0n) is 12.3. The van der Waals surface area contributed by atoms with E-state index in [2.05, 4.69) is 0 Å². The number of carbonyl (C=O) groups excluding carboxylic acids is 1. The molecule has 126 valence electrons. The smallest absolute Gasteiger partial charge is 0.323 e. The maximum Gasteiger partial charge on any atom is 0.323 e. The molecule has 0 saturated carbocycles. The molecule has 0 aliphatic carbocycles. The lowest BCUT2D eigenvalue weighted by Gasteiger charge is -2.10. The fourth-order valence-electron chi connectivity index (χ4n) is 1.87. The van der Waals surface area contributed by atoms with E-state index in [-0.39, 0.29) is 17.3 Å². The lowest BCUT2D eigenvalue weighted by Crippen LogP contribution is -2.33. The Hall–Kier alpha value is -2.39. The average molecular weight is 367 g/mol. The third-order valence-corrected chi connectivity index (χ3v) is 4.29. The molecule has 1 aliphatic heterocycles. The van der Waals surface area contributed by atoms with Gasteiger partial charge in [-0.3, -0.25) is 19.3 Å². The molecule has 0 radical (unpaired) electrons. The fourth-order valence-corrected chi connectivity index (χ4v) is 3.13. The first-order valence-electron chi connectivity index (χ1n) is 6.78. The van der Waals surface area contributed by atoms with E-state index in [9.17, 15) is 14.4 Å². The second kappa shape index (κ2) is 7.93. The van der Waals surface area contributed by atoms with Crippen molar-refractivity contribution in [2.45, 2.75) is 6.42 Å². The molecule has 0 spiro atoms. The molecule has 0 aromatic heterocycles. The highest BCUT2D eigenvalue weighted by Gasteiger charge is 2.33. The number of carboxylic acid groups (broad SMARTS) is 2. The standard InChI is InChI=1S/C15H13NO6S2/c17-12(18)4-5-22-10-3-1-2-9(6-10)7-11-14(21)16(8-13(19)20)15(23)24-11/h1-3,6-7H,4-5,8H2,(H,17,18)(H,19,20)/b11-7-. The number of thiocarbonyl (C=S) groups is 1. The van der Waals surface area contributed by atoms with Crippen LogP contribution >= 0.6 is 24.0 Å². The maximum atomic E-state index is 12.2. The van der Waals surface area contributed by atoms with E-state index in [0.717, 1.165) is 16.7 Å². The summed E-state index contributed by atoms with van der Waals surface area (Å²) in [7, 11) is 0. The number of amides is 1. The number of rotatable bonds is 7. The Labute approximate surface area is 146 Å². The van der Waals surface area contributed by atoms with E-state index in [0.29, 0.717) is 16.2 Å². The van der Waals surface area contributed by atoms with Crippen molar-refractivity contribution in [1.29, 1.82) is 0 Å². The minimum absolute atomic E-state index is 0.0412. The largest absolute Gasteiger partial charge is 0.493 e. The van der Waals surface area contributed by atoms with Crippen molar-refractivity contribution < 1.29 is 29.3 Å². The zero-order valence-corrected chi connectivity index (χ0v) is 13.9. The molecule has 2 rings (SSSR count). The van der Waals surface area contributed by atoms with Crippen molar-refractivity contribution in [1.82, 2.24) is 4.90 Å². The Kier molecular flexibility index (Phi) is 5.93. The van der Waals surface area contributed by atoms with E-state index in [4.69, 9.17) is 27.2 Å². The first-order valence-corrected chi connectivity index (χ1v) is 8.01. The first-order chi connectivity index (χ1) is 11.4. The topological polar surface area (TPSA) is 104 Å². The van der Waals surface area contributed by atoms with Gasteiger partial charge >= 0.3 is 11.9 Å². The molecule has 1 amide bonds. The summed E-state index contributed by atoms with van der Waals surface area (Å²) in [6.45, 7) is -0.431.